The van der Waals surface area contributed by atoms with Gasteiger partial charge >= 0.3 is 0 Å². The van der Waals surface area contributed by atoms with Crippen LogP contribution >= 0.6 is 0 Å². The summed E-state index contributed by atoms with van der Waals surface area (Å²) < 4.78 is 0. The summed E-state index contributed by atoms with van der Waals surface area (Å²) in [5, 5.41) is 12.2. The average Bonchev–Trinajstić information content (AvgIpc) is 2.78. The zero-order valence-corrected chi connectivity index (χ0v) is 9.78. The van der Waals surface area contributed by atoms with Crippen molar-refractivity contribution in [3.63, 3.8) is 0 Å². The highest BCUT2D eigenvalue weighted by Crippen LogP contribution is 2.18. The summed E-state index contributed by atoms with van der Waals surface area (Å²) in [7, 11) is 1.50. The monoisotopic (exact) mass is 247 g/mol. The lowest BCUT2D eigenvalue weighted by Gasteiger charge is -2.02. The van der Waals surface area contributed by atoms with Crippen LogP contribution in [0, 0.1) is 0 Å². The maximum absolute atomic E-state index is 11.8. The predicted octanol–water partition coefficient (Wildman–Crippen LogP) is -0.379. The number of anilines is 1. The first-order chi connectivity index (χ1) is 8.61. The summed E-state index contributed by atoms with van der Waals surface area (Å²) >= 11 is 0. The third-order valence-corrected chi connectivity index (χ3v) is 2.49. The van der Waals surface area contributed by atoms with Crippen molar-refractivity contribution in [2.24, 2.45) is 0 Å². The highest BCUT2D eigenvalue weighted by molar-refractivity contribution is 6.06. The molecule has 1 aromatic heterocycles. The number of nitrogens with one attached hydrogen (secondary N) is 3. The van der Waals surface area contributed by atoms with Gasteiger partial charge in [-0.25, -0.2) is 0 Å². The largest absolute Gasteiger partial charge is 0.399 e. The van der Waals surface area contributed by atoms with E-state index in [-0.39, 0.29) is 18.1 Å². The van der Waals surface area contributed by atoms with Crippen molar-refractivity contribution < 1.29 is 9.59 Å². The highest BCUT2D eigenvalue weighted by atomic mass is 16.2. The minimum atomic E-state index is -0.421. The van der Waals surface area contributed by atoms with Crippen molar-refractivity contribution in [3.05, 3.63) is 23.9 Å². The van der Waals surface area contributed by atoms with Crippen LogP contribution in [0.5, 0.6) is 0 Å². The van der Waals surface area contributed by atoms with Crippen LogP contribution in [-0.4, -0.2) is 35.6 Å². The second-order valence-electron chi connectivity index (χ2n) is 3.73. The van der Waals surface area contributed by atoms with Gasteiger partial charge in [-0.2, -0.15) is 5.10 Å². The Hall–Kier alpha value is -2.57. The normalized spacial score (nSPS) is 10.3. The zero-order valence-electron chi connectivity index (χ0n) is 9.78. The molecule has 0 aliphatic carbocycles. The molecule has 0 unspecified atom stereocenters. The van der Waals surface area contributed by atoms with Crippen molar-refractivity contribution in [2.75, 3.05) is 19.3 Å². The summed E-state index contributed by atoms with van der Waals surface area (Å²) in [5.41, 5.74) is 7.14. The van der Waals surface area contributed by atoms with Gasteiger partial charge in [0.2, 0.25) is 5.91 Å². The van der Waals surface area contributed by atoms with Gasteiger partial charge in [0.25, 0.3) is 5.91 Å². The number of fused-ring (bicyclic) bond motifs is 1. The molecule has 0 bridgehead atoms. The predicted molar refractivity (Wildman–Crippen MR) is 66.9 cm³/mol. The number of nitrogens with zero attached hydrogens (tertiary/aromatic N) is 1. The number of nitrogens with two attached hydrogens (primary N) is 1. The Labute approximate surface area is 103 Å². The third kappa shape index (κ3) is 2.24. The molecule has 0 saturated heterocycles. The molecule has 2 rings (SSSR count). The molecule has 0 aliphatic rings. The fourth-order valence-electron chi connectivity index (χ4n) is 1.54. The summed E-state index contributed by atoms with van der Waals surface area (Å²) in [6, 6.07) is 5.12. The fraction of sp³-hybridized carbons (Fsp3) is 0.182. The summed E-state index contributed by atoms with van der Waals surface area (Å²) in [6.07, 6.45) is 0. The smallest absolute Gasteiger partial charge is 0.272 e. The molecular weight excluding hydrogens is 234 g/mol. The van der Waals surface area contributed by atoms with E-state index in [9.17, 15) is 9.59 Å². The quantitative estimate of drug-likeness (QED) is 0.554. The summed E-state index contributed by atoms with van der Waals surface area (Å²) in [6.45, 7) is -0.0913. The average molecular weight is 247 g/mol. The van der Waals surface area contributed by atoms with E-state index in [4.69, 9.17) is 5.73 Å². The SMILES string of the molecule is CNC(=O)CNC(=O)c1n[nH]c2ccc(N)cc12. The molecule has 0 fully saturated rings. The maximum atomic E-state index is 11.8. The number of aromatic amines is 1. The van der Waals surface area contributed by atoms with Crippen LogP contribution in [-0.2, 0) is 4.79 Å². The van der Waals surface area contributed by atoms with Crippen molar-refractivity contribution in [1.29, 1.82) is 0 Å². The highest BCUT2D eigenvalue weighted by Gasteiger charge is 2.14. The van der Waals surface area contributed by atoms with E-state index in [2.05, 4.69) is 20.8 Å². The van der Waals surface area contributed by atoms with Crippen molar-refractivity contribution in [1.82, 2.24) is 20.8 Å². The molecule has 7 nitrogen and oxygen atoms in total. The van der Waals surface area contributed by atoms with Crippen LogP contribution in [0.25, 0.3) is 10.9 Å². The number of likely N-dealkylation sites (N-methyl/N-ethyl adjacent to an activating group) is 1. The number of carbonyl (C=O) groups is 2. The number of hydrogen-bond donors (Lipinski definition) is 4. The Bertz CT molecular complexity index is 604. The molecule has 0 atom stereocenters. The van der Waals surface area contributed by atoms with E-state index in [0.29, 0.717) is 16.6 Å². The minimum absolute atomic E-state index is 0.0913. The first kappa shape index (κ1) is 11.9. The maximum Gasteiger partial charge on any atom is 0.272 e. The van der Waals surface area contributed by atoms with Crippen LogP contribution in [0.2, 0.25) is 0 Å². The molecular formula is C11H13N5O2. The number of aromatic nitrogens is 2. The standard InChI is InChI=1S/C11H13N5O2/c1-13-9(17)5-14-11(18)10-7-4-6(12)2-3-8(7)15-16-10/h2-4H,5,12H2,1H3,(H,13,17)(H,14,18)(H,15,16). The number of H-pyrrole nitrogens is 1. The van der Waals surface area contributed by atoms with Gasteiger partial charge in [-0.1, -0.05) is 0 Å². The van der Waals surface area contributed by atoms with E-state index in [0.717, 1.165) is 0 Å². The Morgan fingerprint density at radius 3 is 2.94 bits per heavy atom. The van der Waals surface area contributed by atoms with Crippen LogP contribution in [0.4, 0.5) is 5.69 Å². The third-order valence-electron chi connectivity index (χ3n) is 2.49. The minimum Gasteiger partial charge on any atom is -0.399 e. The molecule has 0 aliphatic heterocycles. The molecule has 1 heterocycles. The van der Waals surface area contributed by atoms with Crippen molar-refractivity contribution in [3.8, 4) is 0 Å². The molecule has 5 N–H and O–H groups in total. The molecule has 0 spiro atoms. The number of carbonyl (C=O) groups excluding carboxylic acids is 2. The lowest BCUT2D eigenvalue weighted by atomic mass is 10.2. The van der Waals surface area contributed by atoms with Gasteiger partial charge in [-0.15, -0.1) is 0 Å². The number of rotatable bonds is 3. The van der Waals surface area contributed by atoms with Crippen LogP contribution in [0.15, 0.2) is 18.2 Å². The van der Waals surface area contributed by atoms with Gasteiger partial charge in [0, 0.05) is 18.1 Å². The number of nitrogen functional groups attached to an aromatic ring is 1. The van der Waals surface area contributed by atoms with Crippen LogP contribution in [0.1, 0.15) is 10.5 Å². The van der Waals surface area contributed by atoms with Gasteiger partial charge < -0.3 is 16.4 Å². The molecule has 0 saturated carbocycles. The molecule has 2 aromatic rings. The molecule has 7 heteroatoms. The number of amides is 2. The zero-order chi connectivity index (χ0) is 13.1. The van der Waals surface area contributed by atoms with Crippen molar-refractivity contribution in [2.45, 2.75) is 0 Å². The van der Waals surface area contributed by atoms with Gasteiger partial charge in [0.1, 0.15) is 0 Å². The Morgan fingerprint density at radius 2 is 2.22 bits per heavy atom. The summed E-state index contributed by atoms with van der Waals surface area (Å²) in [4.78, 5) is 22.9. The Kier molecular flexibility index (Phi) is 3.13. The van der Waals surface area contributed by atoms with Crippen LogP contribution in [0.3, 0.4) is 0 Å². The van der Waals surface area contributed by atoms with E-state index >= 15 is 0 Å². The van der Waals surface area contributed by atoms with E-state index < -0.39 is 5.91 Å². The number of hydrogen-bond acceptors (Lipinski definition) is 4. The van der Waals surface area contributed by atoms with Gasteiger partial charge in [-0.05, 0) is 18.2 Å². The topological polar surface area (TPSA) is 113 Å². The first-order valence-corrected chi connectivity index (χ1v) is 5.34. The van der Waals surface area contributed by atoms with Crippen molar-refractivity contribution >= 4 is 28.4 Å². The Morgan fingerprint density at radius 1 is 1.44 bits per heavy atom. The summed E-state index contributed by atoms with van der Waals surface area (Å²) in [5.74, 6) is -0.696. The van der Waals surface area contributed by atoms with Gasteiger partial charge in [-0.3, -0.25) is 14.7 Å². The van der Waals surface area contributed by atoms with E-state index in [1.165, 1.54) is 7.05 Å². The Balaban J connectivity index is 2.22. The molecule has 2 amide bonds. The second-order valence-corrected chi connectivity index (χ2v) is 3.73. The van der Waals surface area contributed by atoms with Gasteiger partial charge in [0.15, 0.2) is 5.69 Å². The molecule has 1 aromatic carbocycles. The van der Waals surface area contributed by atoms with Crippen LogP contribution < -0.4 is 16.4 Å². The molecule has 94 valence electrons. The lowest BCUT2D eigenvalue weighted by molar-refractivity contribution is -0.119. The second kappa shape index (κ2) is 4.74. The number of benzene rings is 1. The molecule has 18 heavy (non-hydrogen) atoms. The molecule has 0 radical (unpaired) electrons. The lowest BCUT2D eigenvalue weighted by Crippen LogP contribution is -2.35. The first-order valence-electron chi connectivity index (χ1n) is 5.34. The van der Waals surface area contributed by atoms with E-state index in [1.54, 1.807) is 18.2 Å². The van der Waals surface area contributed by atoms with Gasteiger partial charge in [0.05, 0.1) is 12.1 Å². The fourth-order valence-corrected chi connectivity index (χ4v) is 1.54. The van der Waals surface area contributed by atoms with E-state index in [1.807, 2.05) is 0 Å².